The first-order chi connectivity index (χ1) is 27.6. The van der Waals surface area contributed by atoms with Gasteiger partial charge < -0.3 is 4.57 Å². The molecule has 8 aromatic carbocycles. The van der Waals surface area contributed by atoms with Gasteiger partial charge in [-0.15, -0.1) is 0 Å². The fourth-order valence-corrected chi connectivity index (χ4v) is 8.10. The maximum absolute atomic E-state index is 16.1. The van der Waals surface area contributed by atoms with Gasteiger partial charge in [0.1, 0.15) is 0 Å². The molecular formula is C51H34F5N. The van der Waals surface area contributed by atoms with Crippen molar-refractivity contribution in [2.75, 3.05) is 0 Å². The standard InChI is InChI=1S/C51H34F5N/c1-32-12-8-9-17-41(32)42-23-20-35(33-13-4-2-5-14-33)26-39(42)28-40-27-38(36-22-25-45(52)46(53)29-36)31-49(50(40)51(54,55)56)57-47-19-11-10-18-43(47)44-24-21-37(30-48(44)57)34-15-6-3-7-16-34/h2-27,29-31H,28H2,1H3. The van der Waals surface area contributed by atoms with Gasteiger partial charge >= 0.3 is 6.18 Å². The predicted octanol–water partition coefficient (Wildman–Crippen LogP) is 14.6. The molecule has 0 N–H and O–H groups in total. The summed E-state index contributed by atoms with van der Waals surface area (Å²) in [5, 5.41) is 1.58. The third-order valence-electron chi connectivity index (χ3n) is 10.8. The highest BCUT2D eigenvalue weighted by Gasteiger charge is 2.38. The minimum Gasteiger partial charge on any atom is -0.309 e. The van der Waals surface area contributed by atoms with Crippen molar-refractivity contribution >= 4 is 21.8 Å². The van der Waals surface area contributed by atoms with Gasteiger partial charge in [-0.1, -0.05) is 146 Å². The molecule has 1 heterocycles. The van der Waals surface area contributed by atoms with E-state index in [1.165, 1.54) is 18.2 Å². The molecule has 0 aliphatic heterocycles. The second-order valence-electron chi connectivity index (χ2n) is 14.3. The van der Waals surface area contributed by atoms with E-state index in [-0.39, 0.29) is 23.2 Å². The molecule has 9 aromatic rings. The lowest BCUT2D eigenvalue weighted by Gasteiger charge is -2.23. The zero-order chi connectivity index (χ0) is 39.3. The highest BCUT2D eigenvalue weighted by molar-refractivity contribution is 6.10. The number of alkyl halides is 3. The van der Waals surface area contributed by atoms with Crippen LogP contribution < -0.4 is 0 Å². The third-order valence-corrected chi connectivity index (χ3v) is 10.8. The second-order valence-corrected chi connectivity index (χ2v) is 14.3. The molecule has 0 spiro atoms. The van der Waals surface area contributed by atoms with Crippen molar-refractivity contribution in [1.82, 2.24) is 4.57 Å². The number of rotatable bonds is 7. The highest BCUT2D eigenvalue weighted by atomic mass is 19.4. The Balaban J connectivity index is 1.37. The topological polar surface area (TPSA) is 4.93 Å². The summed E-state index contributed by atoms with van der Waals surface area (Å²) in [5.41, 5.74) is 7.82. The molecule has 0 aliphatic rings. The van der Waals surface area contributed by atoms with E-state index < -0.39 is 23.4 Å². The normalized spacial score (nSPS) is 11.8. The molecule has 1 aromatic heterocycles. The van der Waals surface area contributed by atoms with E-state index in [1.54, 1.807) is 4.57 Å². The van der Waals surface area contributed by atoms with Gasteiger partial charge in [-0.2, -0.15) is 13.2 Å². The first kappa shape index (κ1) is 35.9. The Kier molecular flexibility index (Phi) is 9.05. The molecule has 0 aliphatic carbocycles. The van der Waals surface area contributed by atoms with E-state index in [2.05, 4.69) is 0 Å². The monoisotopic (exact) mass is 755 g/mol. The van der Waals surface area contributed by atoms with Crippen molar-refractivity contribution in [3.8, 4) is 50.2 Å². The van der Waals surface area contributed by atoms with E-state index in [1.807, 2.05) is 153 Å². The van der Waals surface area contributed by atoms with Gasteiger partial charge in [-0.05, 0) is 105 Å². The molecule has 278 valence electrons. The maximum Gasteiger partial charge on any atom is 0.418 e. The molecule has 0 bridgehead atoms. The Hall–Kier alpha value is -6.79. The molecular weight excluding hydrogens is 722 g/mol. The number of hydrogen-bond donors (Lipinski definition) is 0. The number of hydrogen-bond acceptors (Lipinski definition) is 0. The zero-order valence-corrected chi connectivity index (χ0v) is 30.8. The molecule has 1 nitrogen and oxygen atoms in total. The number of halogens is 5. The molecule has 6 heteroatoms. The summed E-state index contributed by atoms with van der Waals surface area (Å²) in [7, 11) is 0. The van der Waals surface area contributed by atoms with E-state index >= 15 is 13.2 Å². The predicted molar refractivity (Wildman–Crippen MR) is 221 cm³/mol. The summed E-state index contributed by atoms with van der Waals surface area (Å²) in [6.07, 6.45) is -4.91. The van der Waals surface area contributed by atoms with Crippen molar-refractivity contribution in [2.24, 2.45) is 0 Å². The van der Waals surface area contributed by atoms with E-state index in [0.29, 0.717) is 22.2 Å². The van der Waals surface area contributed by atoms with Crippen LogP contribution in [-0.2, 0) is 12.6 Å². The van der Waals surface area contributed by atoms with Gasteiger partial charge in [-0.3, -0.25) is 0 Å². The molecule has 0 amide bonds. The molecule has 0 fully saturated rings. The van der Waals surface area contributed by atoms with Gasteiger partial charge in [0.2, 0.25) is 0 Å². The molecule has 0 saturated carbocycles. The number of benzene rings is 8. The summed E-state index contributed by atoms with van der Waals surface area (Å²) in [6, 6.07) is 52.9. The summed E-state index contributed by atoms with van der Waals surface area (Å²) in [5.74, 6) is -2.13. The van der Waals surface area contributed by atoms with Crippen molar-refractivity contribution in [1.29, 1.82) is 0 Å². The first-order valence-electron chi connectivity index (χ1n) is 18.7. The van der Waals surface area contributed by atoms with Gasteiger partial charge in [0.25, 0.3) is 0 Å². The number of aromatic nitrogens is 1. The average Bonchev–Trinajstić information content (AvgIpc) is 3.55. The summed E-state index contributed by atoms with van der Waals surface area (Å²) >= 11 is 0. The molecule has 0 unspecified atom stereocenters. The quantitative estimate of drug-likeness (QED) is 0.143. The van der Waals surface area contributed by atoms with E-state index in [0.717, 1.165) is 61.8 Å². The molecule has 57 heavy (non-hydrogen) atoms. The molecule has 0 saturated heterocycles. The smallest absolute Gasteiger partial charge is 0.309 e. The lowest BCUT2D eigenvalue weighted by Crippen LogP contribution is -2.15. The SMILES string of the molecule is Cc1ccccc1-c1ccc(-c2ccccc2)cc1Cc1cc(-c2ccc(F)c(F)c2)cc(-n2c3ccccc3c3ccc(-c4ccccc4)cc32)c1C(F)(F)F. The summed E-state index contributed by atoms with van der Waals surface area (Å²) in [4.78, 5) is 0. The average molecular weight is 756 g/mol. The van der Waals surface area contributed by atoms with E-state index in [9.17, 15) is 8.78 Å². The lowest BCUT2D eigenvalue weighted by molar-refractivity contribution is -0.138. The molecule has 0 radical (unpaired) electrons. The zero-order valence-electron chi connectivity index (χ0n) is 30.8. The van der Waals surface area contributed by atoms with Gasteiger partial charge in [0, 0.05) is 10.8 Å². The number of para-hydroxylation sites is 1. The fourth-order valence-electron chi connectivity index (χ4n) is 8.10. The van der Waals surface area contributed by atoms with Gasteiger partial charge in [-0.25, -0.2) is 8.78 Å². The van der Waals surface area contributed by atoms with Crippen LogP contribution in [0.25, 0.3) is 72.0 Å². The van der Waals surface area contributed by atoms with Crippen LogP contribution in [-0.4, -0.2) is 4.57 Å². The van der Waals surface area contributed by atoms with Crippen LogP contribution in [0.3, 0.4) is 0 Å². The largest absolute Gasteiger partial charge is 0.418 e. The van der Waals surface area contributed by atoms with Gasteiger partial charge in [0.05, 0.1) is 22.3 Å². The molecule has 9 rings (SSSR count). The van der Waals surface area contributed by atoms with Crippen LogP contribution in [0, 0.1) is 18.6 Å². The lowest BCUT2D eigenvalue weighted by atomic mass is 9.87. The molecule has 0 atom stereocenters. The summed E-state index contributed by atoms with van der Waals surface area (Å²) < 4.78 is 79.2. The van der Waals surface area contributed by atoms with Crippen LogP contribution in [0.4, 0.5) is 22.0 Å². The van der Waals surface area contributed by atoms with E-state index in [4.69, 9.17) is 0 Å². The van der Waals surface area contributed by atoms with Gasteiger partial charge in [0.15, 0.2) is 11.6 Å². The number of aryl methyl sites for hydroxylation is 1. The Bertz CT molecular complexity index is 2940. The van der Waals surface area contributed by atoms with Crippen LogP contribution in [0.5, 0.6) is 0 Å². The van der Waals surface area contributed by atoms with Crippen molar-refractivity contribution in [3.05, 3.63) is 210 Å². The second kappa shape index (κ2) is 14.4. The maximum atomic E-state index is 16.1. The highest BCUT2D eigenvalue weighted by Crippen LogP contribution is 2.45. The first-order valence-corrected chi connectivity index (χ1v) is 18.7. The summed E-state index contributed by atoms with van der Waals surface area (Å²) in [6.45, 7) is 1.99. The van der Waals surface area contributed by atoms with Crippen LogP contribution in [0.1, 0.15) is 22.3 Å². The van der Waals surface area contributed by atoms with Crippen LogP contribution >= 0.6 is 0 Å². The Labute approximate surface area is 326 Å². The Morgan fingerprint density at radius 2 is 1.02 bits per heavy atom. The Morgan fingerprint density at radius 3 is 1.72 bits per heavy atom. The van der Waals surface area contributed by atoms with Crippen molar-refractivity contribution in [3.63, 3.8) is 0 Å². The number of nitrogens with zero attached hydrogens (tertiary/aromatic N) is 1. The minimum atomic E-state index is -4.81. The van der Waals surface area contributed by atoms with Crippen molar-refractivity contribution < 1.29 is 22.0 Å². The third kappa shape index (κ3) is 6.67. The van der Waals surface area contributed by atoms with Crippen LogP contribution in [0.15, 0.2) is 176 Å². The minimum absolute atomic E-state index is 0.00456. The number of fused-ring (bicyclic) bond motifs is 3. The fraction of sp³-hybridized carbons (Fsp3) is 0.0588. The van der Waals surface area contributed by atoms with Crippen LogP contribution in [0.2, 0.25) is 0 Å². The Morgan fingerprint density at radius 1 is 0.439 bits per heavy atom. The van der Waals surface area contributed by atoms with Crippen molar-refractivity contribution in [2.45, 2.75) is 19.5 Å².